The summed E-state index contributed by atoms with van der Waals surface area (Å²) < 4.78 is 6.21. The van der Waals surface area contributed by atoms with Gasteiger partial charge in [-0.15, -0.1) is 0 Å². The summed E-state index contributed by atoms with van der Waals surface area (Å²) in [5.41, 5.74) is -0.0932. The van der Waals surface area contributed by atoms with Gasteiger partial charge in [-0.2, -0.15) is 0 Å². The van der Waals surface area contributed by atoms with Crippen LogP contribution in [0.1, 0.15) is 0 Å². The number of hydrogen-bond donors (Lipinski definition) is 0. The molecular weight excluding hydrogens is 130 g/mol. The fraction of sp³-hybridized carbons (Fsp3) is 0.286. The highest BCUT2D eigenvalue weighted by molar-refractivity contribution is 4.90. The third kappa shape index (κ3) is 1.45. The molecule has 1 aromatic heterocycles. The lowest BCUT2D eigenvalue weighted by atomic mass is 10.5. The first-order valence-electron chi connectivity index (χ1n) is 2.90. The lowest BCUT2D eigenvalue weighted by Crippen LogP contribution is -2.18. The topological polar surface area (TPSA) is 31.2 Å². The van der Waals surface area contributed by atoms with Crippen LogP contribution in [0.4, 0.5) is 0 Å². The number of ether oxygens (including phenoxy) is 1. The molecule has 1 aromatic rings. The minimum atomic E-state index is -0.0932. The fourth-order valence-electron chi connectivity index (χ4n) is 0.655. The van der Waals surface area contributed by atoms with Gasteiger partial charge in [-0.05, 0) is 12.1 Å². The van der Waals surface area contributed by atoms with Gasteiger partial charge in [0.25, 0.3) is 5.56 Å². The van der Waals surface area contributed by atoms with Crippen LogP contribution in [0, 0.1) is 6.07 Å². The van der Waals surface area contributed by atoms with Crippen LogP contribution >= 0.6 is 0 Å². The van der Waals surface area contributed by atoms with Gasteiger partial charge in [0.15, 0.2) is 0 Å². The zero-order valence-corrected chi connectivity index (χ0v) is 5.70. The van der Waals surface area contributed by atoms with Gasteiger partial charge in [-0.1, -0.05) is 0 Å². The van der Waals surface area contributed by atoms with E-state index in [2.05, 4.69) is 6.07 Å². The monoisotopic (exact) mass is 138 g/mol. The normalized spacial score (nSPS) is 9.70. The van der Waals surface area contributed by atoms with E-state index in [1.54, 1.807) is 19.4 Å². The molecule has 0 spiro atoms. The quantitative estimate of drug-likeness (QED) is 0.586. The summed E-state index contributed by atoms with van der Waals surface area (Å²) in [4.78, 5) is 10.9. The average molecular weight is 138 g/mol. The second-order valence-corrected chi connectivity index (χ2v) is 1.85. The molecule has 0 aromatic carbocycles. The van der Waals surface area contributed by atoms with Crippen LogP contribution in [0.15, 0.2) is 23.1 Å². The number of methoxy groups -OCH3 is 1. The Morgan fingerprint density at radius 1 is 1.80 bits per heavy atom. The highest BCUT2D eigenvalue weighted by Crippen LogP contribution is 1.79. The highest BCUT2D eigenvalue weighted by atomic mass is 16.5. The zero-order chi connectivity index (χ0) is 7.40. The predicted molar refractivity (Wildman–Crippen MR) is 36.5 cm³/mol. The largest absolute Gasteiger partial charge is 0.364 e. The fourth-order valence-corrected chi connectivity index (χ4v) is 0.655. The third-order valence-corrected chi connectivity index (χ3v) is 1.11. The Bertz CT molecular complexity index is 254. The van der Waals surface area contributed by atoms with Gasteiger partial charge in [0.2, 0.25) is 0 Å². The average Bonchev–Trinajstić information content (AvgIpc) is 1.94. The van der Waals surface area contributed by atoms with Gasteiger partial charge in [0.05, 0.1) is 0 Å². The molecule has 0 aliphatic heterocycles. The van der Waals surface area contributed by atoms with Crippen LogP contribution in [0.25, 0.3) is 0 Å². The van der Waals surface area contributed by atoms with Crippen molar-refractivity contribution in [1.82, 2.24) is 4.57 Å². The number of aromatic nitrogens is 1. The second-order valence-electron chi connectivity index (χ2n) is 1.85. The number of pyridine rings is 1. The summed E-state index contributed by atoms with van der Waals surface area (Å²) in [5.74, 6) is 0. The zero-order valence-electron chi connectivity index (χ0n) is 5.70. The Labute approximate surface area is 58.9 Å². The lowest BCUT2D eigenvalue weighted by molar-refractivity contribution is 0.128. The van der Waals surface area contributed by atoms with Crippen molar-refractivity contribution in [3.05, 3.63) is 34.7 Å². The molecule has 1 radical (unpaired) electrons. The van der Waals surface area contributed by atoms with E-state index in [4.69, 9.17) is 4.74 Å². The molecule has 0 atom stereocenters. The van der Waals surface area contributed by atoms with Crippen LogP contribution < -0.4 is 5.56 Å². The minimum absolute atomic E-state index is 0.0932. The molecule has 3 nitrogen and oxygen atoms in total. The van der Waals surface area contributed by atoms with Crippen molar-refractivity contribution < 1.29 is 4.74 Å². The molecule has 0 fully saturated rings. The van der Waals surface area contributed by atoms with Crippen LogP contribution in [0.2, 0.25) is 0 Å². The standard InChI is InChI=1S/C7H8NO2/c1-10-6-8-5-3-2-4-7(8)9/h3-5H,6H2,1H3. The van der Waals surface area contributed by atoms with E-state index in [0.717, 1.165) is 0 Å². The molecule has 0 N–H and O–H groups in total. The van der Waals surface area contributed by atoms with Crippen LogP contribution in [-0.2, 0) is 11.5 Å². The van der Waals surface area contributed by atoms with Crippen molar-refractivity contribution in [2.45, 2.75) is 6.73 Å². The highest BCUT2D eigenvalue weighted by Gasteiger charge is 1.88. The summed E-state index contributed by atoms with van der Waals surface area (Å²) in [6.07, 6.45) is 1.63. The number of rotatable bonds is 2. The molecule has 10 heavy (non-hydrogen) atoms. The van der Waals surface area contributed by atoms with E-state index in [1.807, 2.05) is 0 Å². The molecular formula is C7H8NO2. The van der Waals surface area contributed by atoms with Gasteiger partial charge in [0, 0.05) is 19.4 Å². The van der Waals surface area contributed by atoms with Crippen molar-refractivity contribution >= 4 is 0 Å². The molecule has 0 saturated carbocycles. The molecule has 0 aliphatic carbocycles. The van der Waals surface area contributed by atoms with Gasteiger partial charge >= 0.3 is 0 Å². The first kappa shape index (κ1) is 7.02. The van der Waals surface area contributed by atoms with Gasteiger partial charge in [0.1, 0.15) is 6.73 Å². The predicted octanol–water partition coefficient (Wildman–Crippen LogP) is 0.252. The van der Waals surface area contributed by atoms with Crippen molar-refractivity contribution in [2.75, 3.05) is 7.11 Å². The van der Waals surface area contributed by atoms with E-state index < -0.39 is 0 Å². The molecule has 3 heteroatoms. The van der Waals surface area contributed by atoms with E-state index >= 15 is 0 Å². The molecule has 0 unspecified atom stereocenters. The smallest absolute Gasteiger partial charge is 0.253 e. The van der Waals surface area contributed by atoms with Crippen molar-refractivity contribution in [1.29, 1.82) is 0 Å². The van der Waals surface area contributed by atoms with Crippen molar-refractivity contribution in [2.24, 2.45) is 0 Å². The van der Waals surface area contributed by atoms with E-state index in [1.165, 1.54) is 10.6 Å². The first-order chi connectivity index (χ1) is 4.84. The molecule has 0 amide bonds. The van der Waals surface area contributed by atoms with E-state index in [-0.39, 0.29) is 5.56 Å². The molecule has 0 bridgehead atoms. The molecule has 0 aliphatic rings. The van der Waals surface area contributed by atoms with Crippen LogP contribution in [0.3, 0.4) is 0 Å². The van der Waals surface area contributed by atoms with Gasteiger partial charge < -0.3 is 4.74 Å². The Kier molecular flexibility index (Phi) is 2.23. The molecule has 1 heterocycles. The Morgan fingerprint density at radius 2 is 2.60 bits per heavy atom. The maximum atomic E-state index is 10.9. The van der Waals surface area contributed by atoms with Crippen molar-refractivity contribution in [3.63, 3.8) is 0 Å². The lowest BCUT2D eigenvalue weighted by Gasteiger charge is -2.00. The van der Waals surface area contributed by atoms with Crippen LogP contribution in [0.5, 0.6) is 0 Å². The Hall–Kier alpha value is -1.09. The second kappa shape index (κ2) is 3.17. The Morgan fingerprint density at radius 3 is 3.20 bits per heavy atom. The summed E-state index contributed by atoms with van der Waals surface area (Å²) in [6.45, 7) is 0.299. The SMILES string of the molecule is COCn1cc[c]cc1=O. The minimum Gasteiger partial charge on any atom is -0.364 e. The van der Waals surface area contributed by atoms with Gasteiger partial charge in [-0.25, -0.2) is 0 Å². The maximum absolute atomic E-state index is 10.9. The maximum Gasteiger partial charge on any atom is 0.253 e. The summed E-state index contributed by atoms with van der Waals surface area (Å²) in [6, 6.07) is 5.71. The van der Waals surface area contributed by atoms with E-state index in [0.29, 0.717) is 6.73 Å². The van der Waals surface area contributed by atoms with E-state index in [9.17, 15) is 4.79 Å². The van der Waals surface area contributed by atoms with Crippen LogP contribution in [-0.4, -0.2) is 11.7 Å². The number of nitrogens with zero attached hydrogens (tertiary/aromatic N) is 1. The van der Waals surface area contributed by atoms with Crippen molar-refractivity contribution in [3.8, 4) is 0 Å². The summed E-state index contributed by atoms with van der Waals surface area (Å²) >= 11 is 0. The Balaban J connectivity index is 2.92. The molecule has 1 rings (SSSR count). The third-order valence-electron chi connectivity index (χ3n) is 1.11. The number of hydrogen-bond acceptors (Lipinski definition) is 2. The van der Waals surface area contributed by atoms with Gasteiger partial charge in [-0.3, -0.25) is 9.36 Å². The first-order valence-corrected chi connectivity index (χ1v) is 2.90. The summed E-state index contributed by atoms with van der Waals surface area (Å²) in [7, 11) is 1.54. The molecule has 53 valence electrons. The molecule has 0 saturated heterocycles. The summed E-state index contributed by atoms with van der Waals surface area (Å²) in [5, 5.41) is 0.